The molecule has 4 aromatic rings. The van der Waals surface area contributed by atoms with Crippen molar-refractivity contribution in [2.45, 2.75) is 55.4 Å². The van der Waals surface area contributed by atoms with E-state index in [1.165, 1.54) is 0 Å². The van der Waals surface area contributed by atoms with Crippen LogP contribution in [0.3, 0.4) is 0 Å². The lowest BCUT2D eigenvalue weighted by atomic mass is 9.94. The minimum atomic E-state index is -0.374. The largest absolute Gasteiger partial charge is 0.349 e. The molecule has 2 aliphatic rings. The fraction of sp³-hybridized carbons (Fsp3) is 0.235. The molecule has 0 saturated heterocycles. The Morgan fingerprint density at radius 1 is 0.568 bits per heavy atom. The van der Waals surface area contributed by atoms with Gasteiger partial charge in [0.15, 0.2) is 0 Å². The van der Waals surface area contributed by atoms with E-state index >= 15 is 0 Å². The van der Waals surface area contributed by atoms with Crippen molar-refractivity contribution in [2.75, 3.05) is 0 Å². The van der Waals surface area contributed by atoms with Gasteiger partial charge in [-0.05, 0) is 112 Å². The lowest BCUT2D eigenvalue weighted by Crippen LogP contribution is -1.96. The van der Waals surface area contributed by atoms with Crippen molar-refractivity contribution < 1.29 is 9.85 Å². The van der Waals surface area contributed by atoms with Crippen molar-refractivity contribution in [3.63, 3.8) is 0 Å². The van der Waals surface area contributed by atoms with Crippen LogP contribution in [0.15, 0.2) is 36.4 Å². The number of aromatic amines is 2. The number of aryl methyl sites for hydroxylation is 4. The highest BCUT2D eigenvalue weighted by Crippen LogP contribution is 2.45. The summed E-state index contributed by atoms with van der Waals surface area (Å²) >= 11 is 0. The fourth-order valence-corrected chi connectivity index (χ4v) is 6.13. The number of allylic oxidation sites excluding steroid dienone is 4. The summed E-state index contributed by atoms with van der Waals surface area (Å²) in [6.07, 6.45) is 0. The summed E-state index contributed by atoms with van der Waals surface area (Å²) in [6.45, 7) is 15.0. The van der Waals surface area contributed by atoms with E-state index in [-0.39, 0.29) is 32.6 Å². The first-order valence-corrected chi connectivity index (χ1v) is 14.3. The zero-order valence-electron chi connectivity index (χ0n) is 25.9. The van der Waals surface area contributed by atoms with E-state index in [1.807, 2.05) is 91.8 Å². The molecule has 8 bridgehead atoms. The predicted molar refractivity (Wildman–Crippen MR) is 175 cm³/mol. The zero-order valence-corrected chi connectivity index (χ0v) is 25.9. The van der Waals surface area contributed by atoms with Gasteiger partial charge in [0.2, 0.25) is 0 Å². The Balaban J connectivity index is 2.00. The van der Waals surface area contributed by atoms with Crippen LogP contribution in [-0.2, 0) is 0 Å². The van der Waals surface area contributed by atoms with Gasteiger partial charge < -0.3 is 9.97 Å². The second-order valence-electron chi connectivity index (χ2n) is 11.5. The van der Waals surface area contributed by atoms with E-state index in [1.54, 1.807) is 0 Å². The molecule has 2 aliphatic heterocycles. The lowest BCUT2D eigenvalue weighted by molar-refractivity contribution is -0.383. The maximum atomic E-state index is 12.8. The Morgan fingerprint density at radius 3 is 1.34 bits per heavy atom. The highest BCUT2D eigenvalue weighted by atomic mass is 16.6. The normalized spacial score (nSPS) is 13.2. The summed E-state index contributed by atoms with van der Waals surface area (Å²) in [4.78, 5) is 41.4. The Kier molecular flexibility index (Phi) is 6.60. The van der Waals surface area contributed by atoms with Crippen LogP contribution in [0.2, 0.25) is 0 Å². The maximum absolute atomic E-state index is 12.8. The molecular weight excluding hydrogens is 556 g/mol. The number of benzene rings is 1. The first-order valence-electron chi connectivity index (χ1n) is 14.3. The second kappa shape index (κ2) is 10.1. The summed E-state index contributed by atoms with van der Waals surface area (Å²) in [5, 5.41) is 25.6. The molecule has 0 saturated carbocycles. The standard InChI is InChI=1S/C34H32N6O4/c1-15-17(3)29-33(39(41)42)31-21(7)19(5)27(37-31)26(23-12-10-9-11-13-23)28-20(6)22(8)32(38-28)34(40(43)44)30-18(4)16(2)25(36-30)14-24(15)35-29/h9-14,35-36H,1-8H3. The summed E-state index contributed by atoms with van der Waals surface area (Å²) < 4.78 is 0. The topological polar surface area (TPSA) is 144 Å². The van der Waals surface area contributed by atoms with Gasteiger partial charge in [0.25, 0.3) is 0 Å². The number of nitrogens with zero attached hydrogens (tertiary/aromatic N) is 4. The summed E-state index contributed by atoms with van der Waals surface area (Å²) in [7, 11) is 0. The molecule has 3 aromatic heterocycles. The molecule has 5 heterocycles. The third-order valence-corrected chi connectivity index (χ3v) is 9.31. The number of hydrogen-bond donors (Lipinski definition) is 2. The number of H-pyrrole nitrogens is 2. The van der Waals surface area contributed by atoms with E-state index in [0.717, 1.165) is 39.0 Å². The molecule has 222 valence electrons. The first-order chi connectivity index (χ1) is 20.8. The van der Waals surface area contributed by atoms with Crippen LogP contribution in [0.1, 0.15) is 72.7 Å². The molecule has 0 amide bonds. The molecule has 2 N–H and O–H groups in total. The molecule has 0 atom stereocenters. The van der Waals surface area contributed by atoms with E-state index in [4.69, 9.17) is 9.97 Å². The molecule has 0 radical (unpaired) electrons. The smallest absolute Gasteiger partial charge is 0.318 e. The van der Waals surface area contributed by atoms with Crippen molar-refractivity contribution in [1.82, 2.24) is 19.9 Å². The predicted octanol–water partition coefficient (Wildman–Crippen LogP) is 8.93. The number of nitrogens with one attached hydrogen (secondary N) is 2. The Labute approximate surface area is 253 Å². The van der Waals surface area contributed by atoms with Gasteiger partial charge in [-0.25, -0.2) is 9.97 Å². The third-order valence-electron chi connectivity index (χ3n) is 9.31. The van der Waals surface area contributed by atoms with E-state index in [9.17, 15) is 20.2 Å². The molecule has 44 heavy (non-hydrogen) atoms. The SMILES string of the molecule is CC1=C(C)c2nc1c(-c1ccccc1)c1nc(c([N+](=O)[O-])c3[nH]c(cc4[nH]c(c(C)c4C)c2[N+](=O)[O-])c(C)c3C)C(C)=C1C. The van der Waals surface area contributed by atoms with Crippen LogP contribution >= 0.6 is 0 Å². The van der Waals surface area contributed by atoms with Crippen LogP contribution in [-0.4, -0.2) is 29.8 Å². The number of aromatic nitrogens is 4. The van der Waals surface area contributed by atoms with Crippen molar-refractivity contribution in [3.05, 3.63) is 102 Å². The third kappa shape index (κ3) is 4.09. The molecule has 10 heteroatoms. The van der Waals surface area contributed by atoms with Gasteiger partial charge in [0.1, 0.15) is 22.4 Å². The highest BCUT2D eigenvalue weighted by Gasteiger charge is 2.32. The van der Waals surface area contributed by atoms with Crippen LogP contribution in [0, 0.1) is 47.9 Å². The van der Waals surface area contributed by atoms with Gasteiger partial charge in [0.05, 0.1) is 21.2 Å². The van der Waals surface area contributed by atoms with Gasteiger partial charge >= 0.3 is 11.4 Å². The second-order valence-corrected chi connectivity index (χ2v) is 11.5. The van der Waals surface area contributed by atoms with Crippen LogP contribution in [0.5, 0.6) is 0 Å². The van der Waals surface area contributed by atoms with Crippen molar-refractivity contribution >= 4 is 55.7 Å². The average molecular weight is 589 g/mol. The Hall–Kier alpha value is -5.38. The Morgan fingerprint density at radius 2 is 0.955 bits per heavy atom. The van der Waals surface area contributed by atoms with Crippen LogP contribution in [0.25, 0.3) is 55.5 Å². The minimum absolute atomic E-state index is 0.107. The zero-order chi connectivity index (χ0) is 31.8. The fourth-order valence-electron chi connectivity index (χ4n) is 6.13. The van der Waals surface area contributed by atoms with Gasteiger partial charge in [-0.3, -0.25) is 20.2 Å². The van der Waals surface area contributed by atoms with Crippen molar-refractivity contribution in [2.24, 2.45) is 0 Å². The van der Waals surface area contributed by atoms with Crippen molar-refractivity contribution in [3.8, 4) is 11.1 Å². The average Bonchev–Trinajstić information content (AvgIpc) is 3.63. The molecule has 10 nitrogen and oxygen atoms in total. The first kappa shape index (κ1) is 28.7. The van der Waals surface area contributed by atoms with Gasteiger partial charge in [-0.15, -0.1) is 0 Å². The van der Waals surface area contributed by atoms with Crippen LogP contribution < -0.4 is 0 Å². The van der Waals surface area contributed by atoms with Crippen LogP contribution in [0.4, 0.5) is 11.4 Å². The molecule has 1 aromatic carbocycles. The quantitative estimate of drug-likeness (QED) is 0.181. The number of rotatable bonds is 3. The molecule has 0 spiro atoms. The lowest BCUT2D eigenvalue weighted by Gasteiger charge is -2.09. The number of fused-ring (bicyclic) bond motifs is 8. The molecule has 0 aliphatic carbocycles. The molecular formula is C34H32N6O4. The summed E-state index contributed by atoms with van der Waals surface area (Å²) in [6, 6.07) is 11.4. The number of nitro groups is 2. The number of hydrogen-bond acceptors (Lipinski definition) is 6. The van der Waals surface area contributed by atoms with Crippen molar-refractivity contribution in [1.29, 1.82) is 0 Å². The van der Waals surface area contributed by atoms with Gasteiger partial charge in [0, 0.05) is 16.6 Å². The monoisotopic (exact) mass is 588 g/mol. The van der Waals surface area contributed by atoms with E-state index in [2.05, 4.69) is 9.97 Å². The van der Waals surface area contributed by atoms with E-state index < -0.39 is 0 Å². The van der Waals surface area contributed by atoms with Gasteiger partial charge in [-0.1, -0.05) is 30.3 Å². The van der Waals surface area contributed by atoms with Gasteiger partial charge in [-0.2, -0.15) is 0 Å². The van der Waals surface area contributed by atoms with E-state index in [0.29, 0.717) is 50.2 Å². The molecule has 0 unspecified atom stereocenters. The summed E-state index contributed by atoms with van der Waals surface area (Å²) in [5.74, 6) is 0. The Bertz CT molecular complexity index is 2070. The molecule has 0 fully saturated rings. The minimum Gasteiger partial charge on any atom is -0.349 e. The molecule has 6 rings (SSSR count). The maximum Gasteiger partial charge on any atom is 0.318 e. The summed E-state index contributed by atoms with van der Waals surface area (Å²) in [5.41, 5.74) is 11.0. The highest BCUT2D eigenvalue weighted by molar-refractivity contribution is 6.04.